The van der Waals surface area contributed by atoms with Gasteiger partial charge in [0.2, 0.25) is 5.95 Å². The molecular formula is C21H22N8S. The standard InChI is InChI=1S/C21H22N8S/c1-21(2,3)16-10-17(29(4)28-16)25-20-24-15-7-8-30-18(15)19(26-20)23-13-5-6-14-12(9-13)11-22-27-14/h5-11H,1-4H3,(H,22,27)(H2,23,24,25,26). The summed E-state index contributed by atoms with van der Waals surface area (Å²) in [6.07, 6.45) is 1.81. The molecule has 30 heavy (non-hydrogen) atoms. The third kappa shape index (κ3) is 3.37. The maximum atomic E-state index is 4.76. The van der Waals surface area contributed by atoms with E-state index in [1.165, 1.54) is 0 Å². The van der Waals surface area contributed by atoms with Gasteiger partial charge in [0.25, 0.3) is 0 Å². The van der Waals surface area contributed by atoms with Crippen molar-refractivity contribution < 1.29 is 0 Å². The Hall–Kier alpha value is -3.46. The van der Waals surface area contributed by atoms with Crippen molar-refractivity contribution in [2.45, 2.75) is 26.2 Å². The molecule has 1 aromatic carbocycles. The van der Waals surface area contributed by atoms with Crippen molar-refractivity contribution in [2.75, 3.05) is 10.6 Å². The van der Waals surface area contributed by atoms with Gasteiger partial charge in [-0.2, -0.15) is 15.2 Å². The predicted octanol–water partition coefficient (Wildman–Crippen LogP) is 5.09. The van der Waals surface area contributed by atoms with E-state index in [0.29, 0.717) is 5.95 Å². The number of fused-ring (bicyclic) bond motifs is 2. The molecule has 0 aliphatic carbocycles. The van der Waals surface area contributed by atoms with E-state index in [0.717, 1.165) is 44.1 Å². The Morgan fingerprint density at radius 2 is 1.93 bits per heavy atom. The Bertz CT molecular complexity index is 1350. The van der Waals surface area contributed by atoms with Crippen LogP contribution in [0.1, 0.15) is 26.5 Å². The van der Waals surface area contributed by atoms with Crippen molar-refractivity contribution in [3.05, 3.63) is 47.6 Å². The number of thiophene rings is 1. The predicted molar refractivity (Wildman–Crippen MR) is 122 cm³/mol. The molecule has 4 aromatic heterocycles. The average molecular weight is 419 g/mol. The van der Waals surface area contributed by atoms with Gasteiger partial charge in [-0.3, -0.25) is 9.78 Å². The van der Waals surface area contributed by atoms with Crippen molar-refractivity contribution in [3.63, 3.8) is 0 Å². The molecule has 8 nitrogen and oxygen atoms in total. The van der Waals surface area contributed by atoms with Crippen molar-refractivity contribution in [3.8, 4) is 0 Å². The van der Waals surface area contributed by atoms with Crippen LogP contribution in [-0.4, -0.2) is 29.9 Å². The Balaban J connectivity index is 1.51. The first-order valence-electron chi connectivity index (χ1n) is 9.64. The molecule has 0 amide bonds. The highest BCUT2D eigenvalue weighted by molar-refractivity contribution is 7.17. The molecule has 3 N–H and O–H groups in total. The number of hydrogen-bond donors (Lipinski definition) is 3. The minimum absolute atomic E-state index is 0.0334. The molecule has 0 spiro atoms. The van der Waals surface area contributed by atoms with Crippen molar-refractivity contribution in [2.24, 2.45) is 7.05 Å². The van der Waals surface area contributed by atoms with Gasteiger partial charge in [-0.15, -0.1) is 11.3 Å². The molecule has 0 aliphatic rings. The number of aromatic nitrogens is 6. The number of benzene rings is 1. The lowest BCUT2D eigenvalue weighted by Gasteiger charge is -2.13. The van der Waals surface area contributed by atoms with Crippen LogP contribution in [0.3, 0.4) is 0 Å². The van der Waals surface area contributed by atoms with Crippen LogP contribution in [0.25, 0.3) is 21.1 Å². The molecule has 0 aliphatic heterocycles. The van der Waals surface area contributed by atoms with Gasteiger partial charge in [0.1, 0.15) is 5.82 Å². The second kappa shape index (κ2) is 6.81. The normalized spacial score (nSPS) is 12.0. The molecule has 0 atom stereocenters. The van der Waals surface area contributed by atoms with Crippen LogP contribution in [0.4, 0.5) is 23.3 Å². The van der Waals surface area contributed by atoms with E-state index in [-0.39, 0.29) is 5.41 Å². The zero-order chi connectivity index (χ0) is 20.9. The fourth-order valence-electron chi connectivity index (χ4n) is 3.23. The Kier molecular flexibility index (Phi) is 4.21. The third-order valence-electron chi connectivity index (χ3n) is 4.89. The summed E-state index contributed by atoms with van der Waals surface area (Å²) in [5.74, 6) is 2.13. The Labute approximate surface area is 177 Å². The number of nitrogens with one attached hydrogen (secondary N) is 3. The summed E-state index contributed by atoms with van der Waals surface area (Å²) in [6.45, 7) is 6.43. The molecule has 4 heterocycles. The topological polar surface area (TPSA) is 96.3 Å². The van der Waals surface area contributed by atoms with E-state index in [1.807, 2.05) is 53.6 Å². The van der Waals surface area contributed by atoms with Crippen molar-refractivity contribution in [1.29, 1.82) is 0 Å². The largest absolute Gasteiger partial charge is 0.339 e. The zero-order valence-electron chi connectivity index (χ0n) is 17.2. The lowest BCUT2D eigenvalue weighted by atomic mass is 9.92. The second-order valence-electron chi connectivity index (χ2n) is 8.24. The van der Waals surface area contributed by atoms with Gasteiger partial charge in [0.15, 0.2) is 5.82 Å². The molecule has 152 valence electrons. The molecule has 0 saturated heterocycles. The molecule has 0 radical (unpaired) electrons. The lowest BCUT2D eigenvalue weighted by molar-refractivity contribution is 0.553. The second-order valence-corrected chi connectivity index (χ2v) is 9.16. The number of hydrogen-bond acceptors (Lipinski definition) is 7. The van der Waals surface area contributed by atoms with Crippen molar-refractivity contribution in [1.82, 2.24) is 29.9 Å². The maximum absolute atomic E-state index is 4.76. The highest BCUT2D eigenvalue weighted by Crippen LogP contribution is 2.31. The molecule has 0 unspecified atom stereocenters. The van der Waals surface area contributed by atoms with Gasteiger partial charge in [0.05, 0.1) is 27.6 Å². The summed E-state index contributed by atoms with van der Waals surface area (Å²) >= 11 is 1.61. The molecule has 5 aromatic rings. The Morgan fingerprint density at radius 1 is 1.07 bits per heavy atom. The van der Waals surface area contributed by atoms with E-state index in [2.05, 4.69) is 51.7 Å². The van der Waals surface area contributed by atoms with Crippen LogP contribution < -0.4 is 10.6 Å². The summed E-state index contributed by atoms with van der Waals surface area (Å²) < 4.78 is 2.83. The molecule has 0 fully saturated rings. The minimum atomic E-state index is -0.0334. The van der Waals surface area contributed by atoms with Crippen LogP contribution in [0, 0.1) is 0 Å². The number of aryl methyl sites for hydroxylation is 1. The molecule has 5 rings (SSSR count). The fraction of sp³-hybridized carbons (Fsp3) is 0.238. The number of anilines is 4. The average Bonchev–Trinajstić information content (AvgIpc) is 3.41. The van der Waals surface area contributed by atoms with Gasteiger partial charge in [0, 0.05) is 29.6 Å². The first-order valence-corrected chi connectivity index (χ1v) is 10.5. The van der Waals surface area contributed by atoms with Gasteiger partial charge in [-0.1, -0.05) is 20.8 Å². The summed E-state index contributed by atoms with van der Waals surface area (Å²) in [5, 5.41) is 21.5. The van der Waals surface area contributed by atoms with E-state index in [9.17, 15) is 0 Å². The summed E-state index contributed by atoms with van der Waals surface area (Å²) in [7, 11) is 1.92. The third-order valence-corrected chi connectivity index (χ3v) is 5.80. The quantitative estimate of drug-likeness (QED) is 0.376. The van der Waals surface area contributed by atoms with Crippen LogP contribution >= 0.6 is 11.3 Å². The first-order chi connectivity index (χ1) is 14.4. The maximum Gasteiger partial charge on any atom is 0.230 e. The summed E-state index contributed by atoms with van der Waals surface area (Å²) in [4.78, 5) is 9.44. The minimum Gasteiger partial charge on any atom is -0.339 e. The van der Waals surface area contributed by atoms with E-state index in [1.54, 1.807) is 11.3 Å². The SMILES string of the molecule is Cn1nc(C(C)(C)C)cc1Nc1nc(Nc2ccc3[nH]ncc3c2)c2sccc2n1. The zero-order valence-corrected chi connectivity index (χ0v) is 18.0. The smallest absolute Gasteiger partial charge is 0.230 e. The van der Waals surface area contributed by atoms with Crippen LogP contribution in [0.5, 0.6) is 0 Å². The highest BCUT2D eigenvalue weighted by Gasteiger charge is 2.19. The number of H-pyrrole nitrogens is 1. The fourth-order valence-corrected chi connectivity index (χ4v) is 4.00. The van der Waals surface area contributed by atoms with Gasteiger partial charge < -0.3 is 10.6 Å². The lowest BCUT2D eigenvalue weighted by Crippen LogP contribution is -2.12. The molecule has 9 heteroatoms. The van der Waals surface area contributed by atoms with E-state index < -0.39 is 0 Å². The first kappa shape index (κ1) is 18.6. The number of aromatic amines is 1. The monoisotopic (exact) mass is 418 g/mol. The van der Waals surface area contributed by atoms with E-state index in [4.69, 9.17) is 4.98 Å². The number of rotatable bonds is 4. The highest BCUT2D eigenvalue weighted by atomic mass is 32.1. The molecule has 0 saturated carbocycles. The molecular weight excluding hydrogens is 396 g/mol. The van der Waals surface area contributed by atoms with Gasteiger partial charge >= 0.3 is 0 Å². The van der Waals surface area contributed by atoms with Gasteiger partial charge in [-0.25, -0.2) is 4.98 Å². The van der Waals surface area contributed by atoms with Crippen LogP contribution in [-0.2, 0) is 12.5 Å². The van der Waals surface area contributed by atoms with Crippen LogP contribution in [0.2, 0.25) is 0 Å². The van der Waals surface area contributed by atoms with Crippen LogP contribution in [0.15, 0.2) is 41.9 Å². The summed E-state index contributed by atoms with van der Waals surface area (Å²) in [6, 6.07) is 10.1. The molecule has 0 bridgehead atoms. The summed E-state index contributed by atoms with van der Waals surface area (Å²) in [5.41, 5.74) is 3.81. The number of nitrogens with zero attached hydrogens (tertiary/aromatic N) is 5. The van der Waals surface area contributed by atoms with Gasteiger partial charge in [-0.05, 0) is 29.6 Å². The van der Waals surface area contributed by atoms with Crippen molar-refractivity contribution >= 4 is 55.7 Å². The Morgan fingerprint density at radius 3 is 2.73 bits per heavy atom. The van der Waals surface area contributed by atoms with E-state index >= 15 is 0 Å².